The van der Waals surface area contributed by atoms with E-state index in [-0.39, 0.29) is 17.5 Å². The van der Waals surface area contributed by atoms with Crippen LogP contribution < -0.4 is 10.9 Å². The Labute approximate surface area is 186 Å². The Morgan fingerprint density at radius 3 is 2.65 bits per heavy atom. The third kappa shape index (κ3) is 4.29. The zero-order valence-corrected chi connectivity index (χ0v) is 19.5. The first-order chi connectivity index (χ1) is 14.9. The van der Waals surface area contributed by atoms with Gasteiger partial charge in [0.05, 0.1) is 16.3 Å². The Bertz CT molecular complexity index is 1160. The second-order valence-electron chi connectivity index (χ2n) is 8.63. The molecule has 3 aromatic rings. The third-order valence-corrected chi connectivity index (χ3v) is 7.34. The number of likely N-dealkylation sites (N-methyl/N-ethyl adjacent to an activating group) is 1. The number of thiophene rings is 1. The normalized spacial score (nSPS) is 15.0. The molecule has 1 aliphatic rings. The molecule has 0 spiro atoms. The number of carbonyl (C=O) groups excluding carboxylic acids is 1. The summed E-state index contributed by atoms with van der Waals surface area (Å²) in [6, 6.07) is 8.46. The lowest BCUT2D eigenvalue weighted by Crippen LogP contribution is -2.34. The van der Waals surface area contributed by atoms with Crippen LogP contribution in [0.25, 0.3) is 10.2 Å². The van der Waals surface area contributed by atoms with Gasteiger partial charge in [-0.15, -0.1) is 11.3 Å². The van der Waals surface area contributed by atoms with E-state index in [1.165, 1.54) is 16.9 Å². The number of aromatic nitrogens is 2. The monoisotopic (exact) mass is 438 g/mol. The van der Waals surface area contributed by atoms with Crippen molar-refractivity contribution in [3.05, 3.63) is 62.0 Å². The maximum absolute atomic E-state index is 13.1. The largest absolute Gasteiger partial charge is 0.349 e. The molecule has 1 aromatic carbocycles. The minimum absolute atomic E-state index is 0.000485. The van der Waals surface area contributed by atoms with Gasteiger partial charge in [0.25, 0.3) is 11.5 Å². The molecule has 2 aromatic heterocycles. The van der Waals surface area contributed by atoms with Gasteiger partial charge in [-0.25, -0.2) is 4.98 Å². The number of nitrogens with one attached hydrogen (secondary N) is 1. The van der Waals surface area contributed by atoms with Crippen LogP contribution in [0.5, 0.6) is 0 Å². The molecule has 0 aliphatic carbocycles. The Morgan fingerprint density at radius 2 is 1.94 bits per heavy atom. The zero-order chi connectivity index (χ0) is 22.1. The summed E-state index contributed by atoms with van der Waals surface area (Å²) in [4.78, 5) is 34.4. The lowest BCUT2D eigenvalue weighted by atomic mass is 10.0. The van der Waals surface area contributed by atoms with Crippen molar-refractivity contribution in [1.29, 1.82) is 0 Å². The maximum atomic E-state index is 13.1. The molecule has 7 heteroatoms. The van der Waals surface area contributed by atoms with Gasteiger partial charge >= 0.3 is 0 Å². The van der Waals surface area contributed by atoms with Crippen LogP contribution in [0, 0.1) is 13.8 Å². The van der Waals surface area contributed by atoms with E-state index in [0.29, 0.717) is 21.6 Å². The molecule has 6 nitrogen and oxygen atoms in total. The van der Waals surface area contributed by atoms with Crippen molar-refractivity contribution < 1.29 is 4.79 Å². The fourth-order valence-electron chi connectivity index (χ4n) is 4.28. The first kappa shape index (κ1) is 21.7. The van der Waals surface area contributed by atoms with Crippen molar-refractivity contribution >= 4 is 27.5 Å². The third-order valence-electron chi connectivity index (χ3n) is 6.16. The van der Waals surface area contributed by atoms with E-state index in [4.69, 9.17) is 4.98 Å². The highest BCUT2D eigenvalue weighted by Gasteiger charge is 2.23. The van der Waals surface area contributed by atoms with Gasteiger partial charge in [-0.3, -0.25) is 14.2 Å². The Kier molecular flexibility index (Phi) is 6.25. The molecule has 0 radical (unpaired) electrons. The molecule has 4 rings (SSSR count). The molecule has 0 fully saturated rings. The van der Waals surface area contributed by atoms with Gasteiger partial charge in [-0.1, -0.05) is 36.2 Å². The number of carbonyl (C=O) groups is 1. The molecule has 1 atom stereocenters. The fraction of sp³-hybridized carbons (Fsp3) is 0.458. The first-order valence-corrected chi connectivity index (χ1v) is 11.7. The molecular weight excluding hydrogens is 408 g/mol. The summed E-state index contributed by atoms with van der Waals surface area (Å²) in [6.45, 7) is 5.14. The Balaban J connectivity index is 1.60. The Hall–Kier alpha value is -2.51. The van der Waals surface area contributed by atoms with E-state index in [9.17, 15) is 9.59 Å². The summed E-state index contributed by atoms with van der Waals surface area (Å²) in [5.41, 5.74) is 3.11. The van der Waals surface area contributed by atoms with Crippen LogP contribution in [-0.4, -0.2) is 41.0 Å². The van der Waals surface area contributed by atoms with Crippen LogP contribution in [0.2, 0.25) is 0 Å². The average molecular weight is 439 g/mol. The predicted octanol–water partition coefficient (Wildman–Crippen LogP) is 3.83. The summed E-state index contributed by atoms with van der Waals surface area (Å²) in [7, 11) is 4.03. The van der Waals surface area contributed by atoms with Gasteiger partial charge < -0.3 is 10.2 Å². The predicted molar refractivity (Wildman–Crippen MR) is 126 cm³/mol. The number of hydrogen-bond acceptors (Lipinski definition) is 5. The van der Waals surface area contributed by atoms with E-state index < -0.39 is 0 Å². The van der Waals surface area contributed by atoms with Gasteiger partial charge in [-0.2, -0.15) is 0 Å². The van der Waals surface area contributed by atoms with Crippen molar-refractivity contribution in [3.8, 4) is 0 Å². The van der Waals surface area contributed by atoms with E-state index in [2.05, 4.69) is 41.4 Å². The average Bonchev–Trinajstić information content (AvgIpc) is 2.90. The fourth-order valence-corrected chi connectivity index (χ4v) is 5.39. The molecule has 1 unspecified atom stereocenters. The molecule has 3 heterocycles. The highest BCUT2D eigenvalue weighted by Crippen LogP contribution is 2.28. The number of benzene rings is 1. The summed E-state index contributed by atoms with van der Waals surface area (Å²) in [5.74, 6) is 0.717. The minimum Gasteiger partial charge on any atom is -0.349 e. The van der Waals surface area contributed by atoms with Crippen LogP contribution in [0.4, 0.5) is 0 Å². The second-order valence-corrected chi connectivity index (χ2v) is 9.63. The zero-order valence-electron chi connectivity index (χ0n) is 18.7. The number of nitrogens with zero attached hydrogens (tertiary/aromatic N) is 3. The lowest BCUT2D eigenvalue weighted by molar-refractivity contribution is 0.0945. The van der Waals surface area contributed by atoms with Gasteiger partial charge in [0.15, 0.2) is 0 Å². The van der Waals surface area contributed by atoms with Gasteiger partial charge in [-0.05, 0) is 51.9 Å². The molecule has 0 saturated carbocycles. The number of rotatable bonds is 5. The van der Waals surface area contributed by atoms with Crippen molar-refractivity contribution in [2.75, 3.05) is 20.6 Å². The highest BCUT2D eigenvalue weighted by molar-refractivity contribution is 7.20. The molecular formula is C24H30N4O2S. The molecule has 0 saturated heterocycles. The molecule has 1 N–H and O–H groups in total. The minimum atomic E-state index is -0.140. The summed E-state index contributed by atoms with van der Waals surface area (Å²) < 4.78 is 1.82. The second kappa shape index (κ2) is 8.93. The summed E-state index contributed by atoms with van der Waals surface area (Å²) in [5, 5.41) is 3.69. The lowest BCUT2D eigenvalue weighted by Gasteiger charge is -2.25. The first-order valence-electron chi connectivity index (χ1n) is 10.9. The Morgan fingerprint density at radius 1 is 1.19 bits per heavy atom. The highest BCUT2D eigenvalue weighted by atomic mass is 32.1. The smallest absolute Gasteiger partial charge is 0.262 e. The van der Waals surface area contributed by atoms with Gasteiger partial charge in [0, 0.05) is 19.5 Å². The molecule has 1 amide bonds. The maximum Gasteiger partial charge on any atom is 0.262 e. The van der Waals surface area contributed by atoms with E-state index in [1.807, 2.05) is 25.6 Å². The van der Waals surface area contributed by atoms with Gasteiger partial charge in [0.1, 0.15) is 10.7 Å². The van der Waals surface area contributed by atoms with Crippen LogP contribution in [0.1, 0.15) is 57.5 Å². The van der Waals surface area contributed by atoms with E-state index in [0.717, 1.165) is 49.2 Å². The van der Waals surface area contributed by atoms with Gasteiger partial charge in [0.2, 0.25) is 0 Å². The number of hydrogen-bond donors (Lipinski definition) is 1. The number of aryl methyl sites for hydroxylation is 3. The summed E-state index contributed by atoms with van der Waals surface area (Å²) >= 11 is 1.33. The quantitative estimate of drug-likeness (QED) is 0.657. The topological polar surface area (TPSA) is 67.2 Å². The van der Waals surface area contributed by atoms with Crippen molar-refractivity contribution in [2.24, 2.45) is 0 Å². The number of amides is 1. The molecule has 164 valence electrons. The SMILES string of the molecule is Cc1ccc(C(CNC(=O)c2sc3nc4n(c(=O)c3c2C)CCCCC4)N(C)C)cc1. The van der Waals surface area contributed by atoms with Crippen LogP contribution in [0.15, 0.2) is 29.1 Å². The van der Waals surface area contributed by atoms with Crippen molar-refractivity contribution in [1.82, 2.24) is 19.8 Å². The molecule has 1 aliphatic heterocycles. The van der Waals surface area contributed by atoms with Crippen LogP contribution in [0.3, 0.4) is 0 Å². The van der Waals surface area contributed by atoms with Crippen LogP contribution >= 0.6 is 11.3 Å². The molecule has 0 bridgehead atoms. The van der Waals surface area contributed by atoms with E-state index >= 15 is 0 Å². The van der Waals surface area contributed by atoms with Crippen LogP contribution in [-0.2, 0) is 13.0 Å². The number of fused-ring (bicyclic) bond motifs is 2. The van der Waals surface area contributed by atoms with Crippen molar-refractivity contribution in [2.45, 2.75) is 52.1 Å². The van der Waals surface area contributed by atoms with E-state index in [1.54, 1.807) is 0 Å². The summed E-state index contributed by atoms with van der Waals surface area (Å²) in [6.07, 6.45) is 4.00. The van der Waals surface area contributed by atoms with Crippen molar-refractivity contribution in [3.63, 3.8) is 0 Å². The standard InChI is InChI=1S/C24H30N4O2S/c1-15-9-11-17(12-10-15)18(27(3)4)14-25-22(29)21-16(2)20-23(31-21)26-19-8-6-5-7-13-28(19)24(20)30/h9-12,18H,5-8,13-14H2,1-4H3,(H,25,29). The molecule has 31 heavy (non-hydrogen) atoms.